The van der Waals surface area contributed by atoms with Gasteiger partial charge in [-0.05, 0) is 46.6 Å². The summed E-state index contributed by atoms with van der Waals surface area (Å²) in [7, 11) is 0. The molecule has 1 N–H and O–H groups in total. The van der Waals surface area contributed by atoms with E-state index in [2.05, 4.69) is 21.2 Å². The van der Waals surface area contributed by atoms with Crippen LogP contribution in [0.5, 0.6) is 0 Å². The van der Waals surface area contributed by atoms with E-state index in [4.69, 9.17) is 0 Å². The first-order valence-corrected chi connectivity index (χ1v) is 6.41. The molecule has 0 amide bonds. The van der Waals surface area contributed by atoms with Crippen LogP contribution in [0.4, 0.5) is 18.9 Å². The third-order valence-corrected chi connectivity index (χ3v) is 3.42. The molecular formula is C14H11BrF3N. The number of hydrogen-bond acceptors (Lipinski definition) is 1. The van der Waals surface area contributed by atoms with E-state index in [1.807, 2.05) is 0 Å². The second kappa shape index (κ2) is 5.65. The van der Waals surface area contributed by atoms with Crippen molar-refractivity contribution >= 4 is 21.6 Å². The van der Waals surface area contributed by atoms with Gasteiger partial charge in [0.1, 0.15) is 17.5 Å². The van der Waals surface area contributed by atoms with Crippen molar-refractivity contribution in [1.82, 2.24) is 0 Å². The Morgan fingerprint density at radius 2 is 1.79 bits per heavy atom. The summed E-state index contributed by atoms with van der Waals surface area (Å²) in [5, 5.41) is 2.73. The van der Waals surface area contributed by atoms with Crippen LogP contribution < -0.4 is 5.32 Å². The van der Waals surface area contributed by atoms with Crippen molar-refractivity contribution < 1.29 is 13.2 Å². The lowest BCUT2D eigenvalue weighted by Gasteiger charge is -2.12. The van der Waals surface area contributed by atoms with Crippen molar-refractivity contribution in [2.45, 2.75) is 13.5 Å². The molecule has 2 aromatic rings. The Hall–Kier alpha value is -1.49. The van der Waals surface area contributed by atoms with E-state index >= 15 is 0 Å². The molecule has 1 nitrogen and oxygen atoms in total. The largest absolute Gasteiger partial charge is 0.378 e. The van der Waals surface area contributed by atoms with Gasteiger partial charge < -0.3 is 5.32 Å². The number of para-hydroxylation sites is 1. The molecule has 0 aliphatic heterocycles. The predicted octanol–water partition coefficient (Wildman–Crippen LogP) is 4.79. The summed E-state index contributed by atoms with van der Waals surface area (Å²) in [6, 6.07) is 7.05. The molecule has 2 rings (SSSR count). The number of aryl methyl sites for hydroxylation is 1. The van der Waals surface area contributed by atoms with Crippen LogP contribution in [-0.2, 0) is 6.54 Å². The fourth-order valence-corrected chi connectivity index (χ4v) is 2.14. The highest BCUT2D eigenvalue weighted by Crippen LogP contribution is 2.24. The third-order valence-electron chi connectivity index (χ3n) is 2.80. The van der Waals surface area contributed by atoms with Crippen LogP contribution in [0, 0.1) is 24.4 Å². The first-order valence-electron chi connectivity index (χ1n) is 5.62. The van der Waals surface area contributed by atoms with Gasteiger partial charge in [0, 0.05) is 12.1 Å². The molecule has 19 heavy (non-hydrogen) atoms. The molecule has 5 heteroatoms. The maximum Gasteiger partial charge on any atom is 0.146 e. The van der Waals surface area contributed by atoms with Crippen LogP contribution in [0.1, 0.15) is 11.1 Å². The fraction of sp³-hybridized carbons (Fsp3) is 0.143. The van der Waals surface area contributed by atoms with Crippen LogP contribution in [0.3, 0.4) is 0 Å². The zero-order valence-electron chi connectivity index (χ0n) is 10.1. The van der Waals surface area contributed by atoms with Crippen molar-refractivity contribution in [3.8, 4) is 0 Å². The van der Waals surface area contributed by atoms with E-state index in [0.717, 1.165) is 0 Å². The first kappa shape index (κ1) is 13.9. The molecule has 0 bridgehead atoms. The normalized spacial score (nSPS) is 10.6. The molecule has 0 aliphatic rings. The summed E-state index contributed by atoms with van der Waals surface area (Å²) in [6.07, 6.45) is 0. The van der Waals surface area contributed by atoms with E-state index < -0.39 is 17.5 Å². The molecule has 0 saturated heterocycles. The Bertz CT molecular complexity index is 594. The van der Waals surface area contributed by atoms with Crippen LogP contribution in [0.25, 0.3) is 0 Å². The van der Waals surface area contributed by atoms with Gasteiger partial charge in [0.05, 0.1) is 10.2 Å². The molecule has 0 fully saturated rings. The minimum absolute atomic E-state index is 0.126. The van der Waals surface area contributed by atoms with E-state index in [1.54, 1.807) is 19.1 Å². The Balaban J connectivity index is 2.27. The van der Waals surface area contributed by atoms with Crippen molar-refractivity contribution in [2.24, 2.45) is 0 Å². The average Bonchev–Trinajstić information content (AvgIpc) is 2.37. The number of nitrogens with one attached hydrogen (secondary N) is 1. The predicted molar refractivity (Wildman–Crippen MR) is 72.5 cm³/mol. The molecule has 0 radical (unpaired) electrons. The number of anilines is 1. The summed E-state index contributed by atoms with van der Waals surface area (Å²) in [4.78, 5) is 0. The SMILES string of the molecule is Cc1cccc(F)c1NCc1c(F)ccc(Br)c1F. The van der Waals surface area contributed by atoms with Gasteiger partial charge in [0.25, 0.3) is 0 Å². The third kappa shape index (κ3) is 2.92. The first-order chi connectivity index (χ1) is 9.00. The molecule has 0 unspecified atom stereocenters. The van der Waals surface area contributed by atoms with Gasteiger partial charge in [-0.25, -0.2) is 13.2 Å². The fourth-order valence-electron chi connectivity index (χ4n) is 1.76. The maximum atomic E-state index is 13.7. The van der Waals surface area contributed by atoms with E-state index in [9.17, 15) is 13.2 Å². The molecule has 0 atom stereocenters. The average molecular weight is 330 g/mol. The molecule has 2 aromatic carbocycles. The zero-order chi connectivity index (χ0) is 14.0. The van der Waals surface area contributed by atoms with Crippen LogP contribution in [0.2, 0.25) is 0 Å². The Morgan fingerprint density at radius 1 is 1.05 bits per heavy atom. The Labute approximate surface area is 117 Å². The molecule has 100 valence electrons. The maximum absolute atomic E-state index is 13.7. The smallest absolute Gasteiger partial charge is 0.146 e. The standard InChI is InChI=1S/C14H11BrF3N/c1-8-3-2-4-12(17)14(8)19-7-9-11(16)6-5-10(15)13(9)18/h2-6,19H,7H2,1H3. The topological polar surface area (TPSA) is 12.0 Å². The van der Waals surface area contributed by atoms with E-state index in [1.165, 1.54) is 18.2 Å². The van der Waals surface area contributed by atoms with Gasteiger partial charge in [-0.1, -0.05) is 12.1 Å². The Morgan fingerprint density at radius 3 is 2.47 bits per heavy atom. The molecule has 0 spiro atoms. The monoisotopic (exact) mass is 329 g/mol. The number of rotatable bonds is 3. The van der Waals surface area contributed by atoms with Gasteiger partial charge in [-0.15, -0.1) is 0 Å². The van der Waals surface area contributed by atoms with Crippen LogP contribution in [0.15, 0.2) is 34.8 Å². The van der Waals surface area contributed by atoms with Crippen molar-refractivity contribution in [2.75, 3.05) is 5.32 Å². The molecule has 0 heterocycles. The lowest BCUT2D eigenvalue weighted by molar-refractivity contribution is 0.555. The molecule has 0 aromatic heterocycles. The van der Waals surface area contributed by atoms with Crippen LogP contribution >= 0.6 is 15.9 Å². The molecule has 0 aliphatic carbocycles. The van der Waals surface area contributed by atoms with Crippen LogP contribution in [-0.4, -0.2) is 0 Å². The lowest BCUT2D eigenvalue weighted by Crippen LogP contribution is -2.07. The number of hydrogen-bond donors (Lipinski definition) is 1. The second-order valence-corrected chi connectivity index (χ2v) is 4.96. The second-order valence-electron chi connectivity index (χ2n) is 4.11. The van der Waals surface area contributed by atoms with Gasteiger partial charge in [-0.2, -0.15) is 0 Å². The summed E-state index contributed by atoms with van der Waals surface area (Å²) in [5.74, 6) is -1.79. The summed E-state index contributed by atoms with van der Waals surface area (Å²) in [6.45, 7) is 1.60. The zero-order valence-corrected chi connectivity index (χ0v) is 11.7. The minimum Gasteiger partial charge on any atom is -0.378 e. The van der Waals surface area contributed by atoms with Crippen molar-refractivity contribution in [1.29, 1.82) is 0 Å². The highest BCUT2D eigenvalue weighted by molar-refractivity contribution is 9.10. The van der Waals surface area contributed by atoms with E-state index in [0.29, 0.717) is 5.56 Å². The minimum atomic E-state index is -0.679. The summed E-state index contributed by atoms with van der Waals surface area (Å²) in [5.41, 5.74) is 0.800. The van der Waals surface area contributed by atoms with Gasteiger partial charge >= 0.3 is 0 Å². The highest BCUT2D eigenvalue weighted by Gasteiger charge is 2.13. The van der Waals surface area contributed by atoms with Crippen molar-refractivity contribution in [3.63, 3.8) is 0 Å². The van der Waals surface area contributed by atoms with Gasteiger partial charge in [0.15, 0.2) is 0 Å². The summed E-state index contributed by atoms with van der Waals surface area (Å²) >= 11 is 2.99. The highest BCUT2D eigenvalue weighted by atomic mass is 79.9. The lowest BCUT2D eigenvalue weighted by atomic mass is 10.1. The Kier molecular flexibility index (Phi) is 4.14. The van der Waals surface area contributed by atoms with Gasteiger partial charge in [0.2, 0.25) is 0 Å². The van der Waals surface area contributed by atoms with E-state index in [-0.39, 0.29) is 22.3 Å². The van der Waals surface area contributed by atoms with Gasteiger partial charge in [-0.3, -0.25) is 0 Å². The number of halogens is 4. The molecular weight excluding hydrogens is 319 g/mol. The van der Waals surface area contributed by atoms with Crippen molar-refractivity contribution in [3.05, 3.63) is 63.4 Å². The molecule has 0 saturated carbocycles. The summed E-state index contributed by atoms with van der Waals surface area (Å²) < 4.78 is 41.0. The quantitative estimate of drug-likeness (QED) is 0.798. The number of benzene rings is 2.